The molecule has 30 heavy (non-hydrogen) atoms. The second-order valence-corrected chi connectivity index (χ2v) is 9.54. The van der Waals surface area contributed by atoms with Crippen molar-refractivity contribution in [3.63, 3.8) is 0 Å². The van der Waals surface area contributed by atoms with Gasteiger partial charge in [0.05, 0.1) is 6.61 Å². The van der Waals surface area contributed by atoms with Crippen LogP contribution in [-0.2, 0) is 0 Å². The van der Waals surface area contributed by atoms with Crippen LogP contribution in [0.25, 0.3) is 0 Å². The fraction of sp³-hybridized carbons (Fsp3) is 0.500. The Morgan fingerprint density at radius 3 is 2.27 bits per heavy atom. The van der Waals surface area contributed by atoms with E-state index in [0.29, 0.717) is 5.92 Å². The van der Waals surface area contributed by atoms with E-state index in [2.05, 4.69) is 59.7 Å². The van der Waals surface area contributed by atoms with Gasteiger partial charge in [-0.1, -0.05) is 45.2 Å². The van der Waals surface area contributed by atoms with E-state index in [0.717, 1.165) is 46.3 Å². The van der Waals surface area contributed by atoms with Crippen molar-refractivity contribution in [1.29, 1.82) is 0 Å². The molecule has 0 aliphatic rings. The van der Waals surface area contributed by atoms with Crippen LogP contribution in [0.5, 0.6) is 5.75 Å². The van der Waals surface area contributed by atoms with E-state index in [9.17, 15) is 4.79 Å². The first-order chi connectivity index (χ1) is 13.8. The molecule has 0 fully saturated rings. The van der Waals surface area contributed by atoms with E-state index in [1.54, 1.807) is 0 Å². The maximum Gasteiger partial charge on any atom is 0.186 e. The molecule has 2 aromatic carbocycles. The molecule has 1 radical (unpaired) electrons. The van der Waals surface area contributed by atoms with Crippen molar-refractivity contribution in [2.75, 3.05) is 6.61 Å². The van der Waals surface area contributed by atoms with E-state index in [1.807, 2.05) is 13.0 Å². The van der Waals surface area contributed by atoms with Crippen LogP contribution < -0.4 is 10.0 Å². The second-order valence-electron chi connectivity index (χ2n) is 8.29. The van der Waals surface area contributed by atoms with Gasteiger partial charge in [0.15, 0.2) is 5.52 Å². The van der Waals surface area contributed by atoms with Crippen molar-refractivity contribution < 1.29 is 9.53 Å². The SMILES string of the molecule is CCCCC(CC)COc1ccc(PC(=O)c2c(C)cc(C)c(C)c2C)c(C)c1.[Li]. The van der Waals surface area contributed by atoms with Gasteiger partial charge in [-0.2, -0.15) is 0 Å². The summed E-state index contributed by atoms with van der Waals surface area (Å²) in [5.41, 5.74) is 6.93. The molecule has 0 aromatic heterocycles. The molecule has 2 aromatic rings. The van der Waals surface area contributed by atoms with Gasteiger partial charge in [-0.25, -0.2) is 0 Å². The minimum atomic E-state index is 0. The molecule has 0 heterocycles. The number of aryl methyl sites for hydroxylation is 3. The van der Waals surface area contributed by atoms with Crippen molar-refractivity contribution in [2.24, 2.45) is 5.92 Å². The zero-order valence-electron chi connectivity index (χ0n) is 20.2. The van der Waals surface area contributed by atoms with E-state index >= 15 is 0 Å². The molecule has 2 rings (SSSR count). The fourth-order valence-electron chi connectivity index (χ4n) is 3.80. The third-order valence-electron chi connectivity index (χ3n) is 6.06. The first-order valence-corrected chi connectivity index (χ1v) is 11.9. The standard InChI is InChI=1S/C26H37O2P.Li/c1-8-10-11-22(9-2)16-28-23-12-13-24(18(4)15-23)29-26(27)25-19(5)14-17(3)20(6)21(25)7;/h12-15,22,29H,8-11,16H2,1-7H3;. The first-order valence-electron chi connectivity index (χ1n) is 10.9. The summed E-state index contributed by atoms with van der Waals surface area (Å²) >= 11 is 0. The van der Waals surface area contributed by atoms with Crippen LogP contribution >= 0.6 is 8.58 Å². The summed E-state index contributed by atoms with van der Waals surface area (Å²) in [5.74, 6) is 1.53. The summed E-state index contributed by atoms with van der Waals surface area (Å²) in [6.45, 7) is 15.7. The van der Waals surface area contributed by atoms with E-state index in [4.69, 9.17) is 4.74 Å². The Hall–Kier alpha value is -1.06. The van der Waals surface area contributed by atoms with Gasteiger partial charge in [-0.15, -0.1) is 0 Å². The zero-order valence-corrected chi connectivity index (χ0v) is 21.2. The number of carbonyl (C=O) groups is 1. The number of benzene rings is 2. The van der Waals surface area contributed by atoms with Crippen LogP contribution in [0.15, 0.2) is 24.3 Å². The number of ether oxygens (including phenoxy) is 1. The Morgan fingerprint density at radius 2 is 1.67 bits per heavy atom. The van der Waals surface area contributed by atoms with Crippen LogP contribution in [0.4, 0.5) is 0 Å². The summed E-state index contributed by atoms with van der Waals surface area (Å²) in [6.07, 6.45) is 4.88. The van der Waals surface area contributed by atoms with Crippen molar-refractivity contribution in [3.8, 4) is 5.75 Å². The molecule has 4 heteroatoms. The third kappa shape index (κ3) is 6.98. The quantitative estimate of drug-likeness (QED) is 0.321. The van der Waals surface area contributed by atoms with Crippen LogP contribution in [0.1, 0.15) is 77.7 Å². The minimum absolute atomic E-state index is 0. The second kappa shape index (κ2) is 12.7. The van der Waals surface area contributed by atoms with Crippen LogP contribution in [0.2, 0.25) is 0 Å². The number of carbonyl (C=O) groups excluding carboxylic acids is 1. The molecule has 0 N–H and O–H groups in total. The van der Waals surface area contributed by atoms with Crippen molar-refractivity contribution in [2.45, 2.75) is 74.1 Å². The molecule has 0 spiro atoms. The molecule has 0 bridgehead atoms. The van der Waals surface area contributed by atoms with Crippen molar-refractivity contribution in [1.82, 2.24) is 0 Å². The summed E-state index contributed by atoms with van der Waals surface area (Å²) < 4.78 is 6.07. The molecule has 0 amide bonds. The monoisotopic (exact) mass is 419 g/mol. The van der Waals surface area contributed by atoms with E-state index < -0.39 is 0 Å². The normalized spacial score (nSPS) is 12.1. The molecule has 0 saturated heterocycles. The molecule has 2 unspecified atom stereocenters. The molecule has 2 atom stereocenters. The molecule has 0 aliphatic heterocycles. The predicted octanol–water partition coefficient (Wildman–Crippen LogP) is 6.59. The van der Waals surface area contributed by atoms with Gasteiger partial charge >= 0.3 is 0 Å². The Morgan fingerprint density at radius 1 is 0.967 bits per heavy atom. The van der Waals surface area contributed by atoms with Gasteiger partial charge in [0.2, 0.25) is 0 Å². The van der Waals surface area contributed by atoms with Gasteiger partial charge in [0, 0.05) is 24.4 Å². The molecule has 159 valence electrons. The Balaban J connectivity index is 0.00000450. The minimum Gasteiger partial charge on any atom is -0.493 e. The number of hydrogen-bond donors (Lipinski definition) is 0. The van der Waals surface area contributed by atoms with E-state index in [1.165, 1.54) is 30.4 Å². The van der Waals surface area contributed by atoms with Crippen molar-refractivity contribution >= 4 is 38.3 Å². The fourth-order valence-corrected chi connectivity index (χ4v) is 4.99. The van der Waals surface area contributed by atoms with Gasteiger partial charge in [0.25, 0.3) is 0 Å². The number of hydrogen-bond acceptors (Lipinski definition) is 2. The van der Waals surface area contributed by atoms with Crippen LogP contribution in [0, 0.1) is 40.5 Å². The maximum absolute atomic E-state index is 13.1. The number of rotatable bonds is 10. The maximum atomic E-state index is 13.1. The Bertz CT molecular complexity index is 861. The Labute approximate surface area is 197 Å². The summed E-state index contributed by atoms with van der Waals surface area (Å²) in [5, 5.41) is 1.11. The molecular weight excluding hydrogens is 382 g/mol. The molecular formula is C26H37LiO2P. The van der Waals surface area contributed by atoms with Gasteiger partial charge in [0.1, 0.15) is 5.75 Å². The average molecular weight is 419 g/mol. The molecule has 0 saturated carbocycles. The van der Waals surface area contributed by atoms with Gasteiger partial charge in [-0.05, 0) is 101 Å². The van der Waals surface area contributed by atoms with Gasteiger partial charge in [-0.3, -0.25) is 4.79 Å². The average Bonchev–Trinajstić information content (AvgIpc) is 2.68. The van der Waals surface area contributed by atoms with Gasteiger partial charge < -0.3 is 4.74 Å². The summed E-state index contributed by atoms with van der Waals surface area (Å²) in [7, 11) is 0.140. The number of unbranched alkanes of at least 4 members (excludes halogenated alkanes) is 1. The largest absolute Gasteiger partial charge is 0.493 e. The van der Waals surface area contributed by atoms with Crippen molar-refractivity contribution in [3.05, 3.63) is 57.6 Å². The topological polar surface area (TPSA) is 26.3 Å². The summed E-state index contributed by atoms with van der Waals surface area (Å²) in [6, 6.07) is 8.31. The summed E-state index contributed by atoms with van der Waals surface area (Å²) in [4.78, 5) is 13.1. The Kier molecular flexibility index (Phi) is 11.4. The van der Waals surface area contributed by atoms with Crippen LogP contribution in [-0.4, -0.2) is 31.0 Å². The molecule has 2 nitrogen and oxygen atoms in total. The smallest absolute Gasteiger partial charge is 0.186 e. The predicted molar refractivity (Wildman–Crippen MR) is 133 cm³/mol. The van der Waals surface area contributed by atoms with Crippen LogP contribution in [0.3, 0.4) is 0 Å². The zero-order chi connectivity index (χ0) is 21.6. The molecule has 0 aliphatic carbocycles. The first kappa shape index (κ1) is 27.0. The van der Waals surface area contributed by atoms with E-state index in [-0.39, 0.29) is 33.0 Å². The third-order valence-corrected chi connectivity index (χ3v) is 7.37.